The second-order valence-electron chi connectivity index (χ2n) is 4.07. The topological polar surface area (TPSA) is 77.8 Å². The minimum atomic E-state index is -0.612. The number of benzene rings is 1. The molecule has 0 aliphatic carbocycles. The monoisotopic (exact) mass is 235 g/mol. The first-order valence-electron chi connectivity index (χ1n) is 5.38. The standard InChI is InChI=1S/C12H13NO4/c14-9-3-1-8(2-4-9)11(16)12(17)13-6-5-10(15)7-13/h1-4,10,14-15H,5-7H2/t10-/m0/s1. The van der Waals surface area contributed by atoms with Crippen molar-refractivity contribution >= 4 is 11.7 Å². The highest BCUT2D eigenvalue weighted by atomic mass is 16.3. The number of carbonyl (C=O) groups is 2. The Balaban J connectivity index is 2.09. The fraction of sp³-hybridized carbons (Fsp3) is 0.333. The van der Waals surface area contributed by atoms with Gasteiger partial charge in [-0.3, -0.25) is 9.59 Å². The van der Waals surface area contributed by atoms with Crippen LogP contribution < -0.4 is 0 Å². The highest BCUT2D eigenvalue weighted by Gasteiger charge is 2.29. The summed E-state index contributed by atoms with van der Waals surface area (Å²) >= 11 is 0. The Morgan fingerprint density at radius 1 is 1.24 bits per heavy atom. The van der Waals surface area contributed by atoms with Crippen molar-refractivity contribution in [2.24, 2.45) is 0 Å². The molecular weight excluding hydrogens is 222 g/mol. The summed E-state index contributed by atoms with van der Waals surface area (Å²) in [5, 5.41) is 18.4. The Kier molecular flexibility index (Phi) is 3.10. The number of aliphatic hydroxyl groups excluding tert-OH is 1. The number of rotatable bonds is 2. The first-order chi connectivity index (χ1) is 8.08. The van der Waals surface area contributed by atoms with Crippen molar-refractivity contribution in [1.82, 2.24) is 4.90 Å². The molecule has 5 nitrogen and oxygen atoms in total. The number of nitrogens with zero attached hydrogens (tertiary/aromatic N) is 1. The van der Waals surface area contributed by atoms with E-state index in [1.165, 1.54) is 29.2 Å². The molecule has 0 radical (unpaired) electrons. The summed E-state index contributed by atoms with van der Waals surface area (Å²) in [6.07, 6.45) is -0.0271. The normalized spacial score (nSPS) is 19.4. The zero-order valence-electron chi connectivity index (χ0n) is 9.17. The van der Waals surface area contributed by atoms with E-state index in [-0.39, 0.29) is 17.9 Å². The van der Waals surface area contributed by atoms with E-state index < -0.39 is 17.8 Å². The molecule has 0 bridgehead atoms. The maximum atomic E-state index is 11.8. The highest BCUT2D eigenvalue weighted by molar-refractivity contribution is 6.42. The number of ketones is 1. The summed E-state index contributed by atoms with van der Waals surface area (Å²) in [7, 11) is 0. The molecule has 1 atom stereocenters. The van der Waals surface area contributed by atoms with Gasteiger partial charge >= 0.3 is 0 Å². The van der Waals surface area contributed by atoms with Crippen molar-refractivity contribution in [2.75, 3.05) is 13.1 Å². The van der Waals surface area contributed by atoms with Crippen LogP contribution in [0, 0.1) is 0 Å². The van der Waals surface area contributed by atoms with Crippen molar-refractivity contribution in [3.63, 3.8) is 0 Å². The summed E-state index contributed by atoms with van der Waals surface area (Å²) in [6, 6.07) is 5.53. The summed E-state index contributed by atoms with van der Waals surface area (Å²) in [6.45, 7) is 0.618. The van der Waals surface area contributed by atoms with Gasteiger partial charge in [0.15, 0.2) is 0 Å². The van der Waals surface area contributed by atoms with Crippen LogP contribution >= 0.6 is 0 Å². The van der Waals surface area contributed by atoms with E-state index in [9.17, 15) is 14.7 Å². The van der Waals surface area contributed by atoms with Crippen LogP contribution in [-0.4, -0.2) is 46.0 Å². The molecule has 90 valence electrons. The molecular formula is C12H13NO4. The molecule has 1 aromatic rings. The number of aliphatic hydroxyl groups is 1. The molecule has 1 aromatic carbocycles. The lowest BCUT2D eigenvalue weighted by Crippen LogP contribution is -2.35. The van der Waals surface area contributed by atoms with E-state index in [0.29, 0.717) is 13.0 Å². The lowest BCUT2D eigenvalue weighted by molar-refractivity contribution is -0.125. The molecule has 17 heavy (non-hydrogen) atoms. The molecule has 1 aliphatic heterocycles. The maximum Gasteiger partial charge on any atom is 0.295 e. The largest absolute Gasteiger partial charge is 0.508 e. The van der Waals surface area contributed by atoms with Crippen LogP contribution in [-0.2, 0) is 4.79 Å². The Hall–Kier alpha value is -1.88. The van der Waals surface area contributed by atoms with Crippen LogP contribution in [0.15, 0.2) is 24.3 Å². The summed E-state index contributed by atoms with van der Waals surface area (Å²) in [4.78, 5) is 24.9. The van der Waals surface area contributed by atoms with E-state index in [0.717, 1.165) is 0 Å². The van der Waals surface area contributed by atoms with Crippen LogP contribution in [0.1, 0.15) is 16.8 Å². The van der Waals surface area contributed by atoms with Gasteiger partial charge in [-0.05, 0) is 30.7 Å². The lowest BCUT2D eigenvalue weighted by atomic mass is 10.1. The smallest absolute Gasteiger partial charge is 0.295 e. The number of hydrogen-bond acceptors (Lipinski definition) is 4. The molecule has 2 rings (SSSR count). The molecule has 1 fully saturated rings. The predicted octanol–water partition coefficient (Wildman–Crippen LogP) is 0.168. The fourth-order valence-corrected chi connectivity index (χ4v) is 1.81. The molecule has 1 aliphatic rings. The second kappa shape index (κ2) is 4.55. The van der Waals surface area contributed by atoms with Gasteiger partial charge in [-0.25, -0.2) is 0 Å². The third kappa shape index (κ3) is 2.45. The summed E-state index contributed by atoms with van der Waals surface area (Å²) in [5.41, 5.74) is 0.245. The fourth-order valence-electron chi connectivity index (χ4n) is 1.81. The number of β-amino-alcohol motifs (C(OH)–C–C–N with tert-alkyl or cyclic N) is 1. The zero-order chi connectivity index (χ0) is 12.4. The van der Waals surface area contributed by atoms with E-state index in [1.807, 2.05) is 0 Å². The zero-order valence-corrected chi connectivity index (χ0v) is 9.17. The highest BCUT2D eigenvalue weighted by Crippen LogP contribution is 2.14. The van der Waals surface area contributed by atoms with Crippen molar-refractivity contribution in [3.8, 4) is 5.75 Å². The van der Waals surface area contributed by atoms with Crippen LogP contribution in [0.2, 0.25) is 0 Å². The van der Waals surface area contributed by atoms with Gasteiger partial charge in [0.1, 0.15) is 5.75 Å². The molecule has 1 amide bonds. The van der Waals surface area contributed by atoms with E-state index in [4.69, 9.17) is 5.11 Å². The van der Waals surface area contributed by atoms with Gasteiger partial charge in [-0.15, -0.1) is 0 Å². The quantitative estimate of drug-likeness (QED) is 0.565. The number of carbonyl (C=O) groups excluding carboxylic acids is 2. The number of phenolic OH excluding ortho intramolecular Hbond substituents is 1. The first-order valence-corrected chi connectivity index (χ1v) is 5.38. The minimum absolute atomic E-state index is 0.0468. The molecule has 1 heterocycles. The molecule has 0 aromatic heterocycles. The molecule has 5 heteroatoms. The SMILES string of the molecule is O=C(C(=O)N1CC[C@H](O)C1)c1ccc(O)cc1. The van der Waals surface area contributed by atoms with Crippen molar-refractivity contribution in [3.05, 3.63) is 29.8 Å². The van der Waals surface area contributed by atoms with Crippen LogP contribution in [0.5, 0.6) is 5.75 Å². The molecule has 2 N–H and O–H groups in total. The van der Waals surface area contributed by atoms with E-state index in [2.05, 4.69) is 0 Å². The number of hydrogen-bond donors (Lipinski definition) is 2. The van der Waals surface area contributed by atoms with Crippen molar-refractivity contribution < 1.29 is 19.8 Å². The van der Waals surface area contributed by atoms with Gasteiger partial charge in [0.2, 0.25) is 5.78 Å². The van der Waals surface area contributed by atoms with Gasteiger partial charge < -0.3 is 15.1 Å². The number of phenols is 1. The number of Topliss-reactive ketones (excluding diaryl/α,β-unsaturated/α-hetero) is 1. The Morgan fingerprint density at radius 3 is 2.41 bits per heavy atom. The molecule has 0 unspecified atom stereocenters. The molecule has 0 saturated carbocycles. The van der Waals surface area contributed by atoms with Gasteiger partial charge in [0.25, 0.3) is 5.91 Å². The lowest BCUT2D eigenvalue weighted by Gasteiger charge is -2.14. The summed E-state index contributed by atoms with van der Waals surface area (Å²) < 4.78 is 0. The van der Waals surface area contributed by atoms with Gasteiger partial charge in [-0.2, -0.15) is 0 Å². The average molecular weight is 235 g/mol. The Bertz CT molecular complexity index is 440. The van der Waals surface area contributed by atoms with E-state index >= 15 is 0 Å². The Morgan fingerprint density at radius 2 is 1.88 bits per heavy atom. The third-order valence-corrected chi connectivity index (χ3v) is 2.77. The predicted molar refractivity (Wildman–Crippen MR) is 59.6 cm³/mol. The first kappa shape index (κ1) is 11.6. The van der Waals surface area contributed by atoms with Crippen molar-refractivity contribution in [2.45, 2.75) is 12.5 Å². The third-order valence-electron chi connectivity index (χ3n) is 2.77. The van der Waals surface area contributed by atoms with Crippen molar-refractivity contribution in [1.29, 1.82) is 0 Å². The van der Waals surface area contributed by atoms with Gasteiger partial charge in [0.05, 0.1) is 6.10 Å². The van der Waals surface area contributed by atoms with Gasteiger partial charge in [-0.1, -0.05) is 0 Å². The summed E-state index contributed by atoms with van der Waals surface area (Å²) in [5.74, 6) is -1.17. The minimum Gasteiger partial charge on any atom is -0.508 e. The number of likely N-dealkylation sites (tertiary alicyclic amines) is 1. The number of aromatic hydroxyl groups is 1. The molecule has 1 saturated heterocycles. The van der Waals surface area contributed by atoms with E-state index in [1.54, 1.807) is 0 Å². The van der Waals surface area contributed by atoms with Gasteiger partial charge in [0, 0.05) is 18.7 Å². The maximum absolute atomic E-state index is 11.8. The second-order valence-corrected chi connectivity index (χ2v) is 4.07. The van der Waals surface area contributed by atoms with Crippen LogP contribution in [0.4, 0.5) is 0 Å². The Labute approximate surface area is 98.3 Å². The molecule has 0 spiro atoms. The number of amides is 1. The van der Waals surface area contributed by atoms with Crippen LogP contribution in [0.3, 0.4) is 0 Å². The average Bonchev–Trinajstić information content (AvgIpc) is 2.75. The van der Waals surface area contributed by atoms with Crippen LogP contribution in [0.25, 0.3) is 0 Å².